The molecule has 0 bridgehead atoms. The van der Waals surface area contributed by atoms with Gasteiger partial charge in [-0.2, -0.15) is 4.80 Å². The quantitative estimate of drug-likeness (QED) is 0.639. The normalized spacial score (nSPS) is 12.6. The molecule has 0 aliphatic heterocycles. The molecule has 6 nitrogen and oxygen atoms in total. The number of nitrogens with two attached hydrogens (primary N) is 1. The number of nitrogens with zero attached hydrogens (tertiary/aromatic N) is 4. The minimum atomic E-state index is -0.0680. The van der Waals surface area contributed by atoms with Crippen LogP contribution in [0.25, 0.3) is 0 Å². The van der Waals surface area contributed by atoms with Crippen LogP contribution in [0.2, 0.25) is 10.0 Å². The fraction of sp³-hybridized carbons (Fsp3) is 0.364. The third kappa shape index (κ3) is 3.63. The van der Waals surface area contributed by atoms with Gasteiger partial charge < -0.3 is 0 Å². The van der Waals surface area contributed by atoms with Gasteiger partial charge in [-0.25, -0.2) is 0 Å². The van der Waals surface area contributed by atoms with E-state index in [9.17, 15) is 0 Å². The van der Waals surface area contributed by atoms with Crippen molar-refractivity contribution in [2.24, 2.45) is 12.9 Å². The van der Waals surface area contributed by atoms with Gasteiger partial charge in [0.05, 0.1) is 7.05 Å². The summed E-state index contributed by atoms with van der Waals surface area (Å²) in [4.78, 5) is 1.41. The first-order valence-electron chi connectivity index (χ1n) is 5.72. The molecule has 3 N–H and O–H groups in total. The second kappa shape index (κ2) is 6.29. The van der Waals surface area contributed by atoms with Crippen molar-refractivity contribution >= 4 is 23.2 Å². The van der Waals surface area contributed by atoms with E-state index < -0.39 is 0 Å². The highest BCUT2D eigenvalue weighted by Crippen LogP contribution is 2.25. The largest absolute Gasteiger partial charge is 0.271 e. The first kappa shape index (κ1) is 14.2. The molecule has 0 amide bonds. The highest BCUT2D eigenvalue weighted by atomic mass is 35.5. The molecular formula is C11H14Cl2N6. The zero-order chi connectivity index (χ0) is 13.8. The molecule has 1 atom stereocenters. The summed E-state index contributed by atoms with van der Waals surface area (Å²) in [7, 11) is 1.71. The molecule has 102 valence electrons. The van der Waals surface area contributed by atoms with Crippen molar-refractivity contribution in [2.45, 2.75) is 18.9 Å². The van der Waals surface area contributed by atoms with Crippen LogP contribution >= 0.6 is 23.2 Å². The van der Waals surface area contributed by atoms with Crippen LogP contribution in [0, 0.1) is 0 Å². The number of benzene rings is 1. The Morgan fingerprint density at radius 1 is 1.32 bits per heavy atom. The minimum absolute atomic E-state index is 0.0680. The predicted octanol–water partition coefficient (Wildman–Crippen LogP) is 1.13. The van der Waals surface area contributed by atoms with Gasteiger partial charge in [0, 0.05) is 22.5 Å². The Bertz CT molecular complexity index is 536. The maximum Gasteiger partial charge on any atom is 0.176 e. The van der Waals surface area contributed by atoms with Crippen LogP contribution < -0.4 is 11.3 Å². The zero-order valence-electron chi connectivity index (χ0n) is 10.3. The molecule has 0 saturated carbocycles. The second-order valence-electron chi connectivity index (χ2n) is 4.17. The van der Waals surface area contributed by atoms with Gasteiger partial charge in [-0.05, 0) is 29.3 Å². The van der Waals surface area contributed by atoms with Gasteiger partial charge in [-0.3, -0.25) is 11.3 Å². The smallest absolute Gasteiger partial charge is 0.176 e. The number of tetrazole rings is 1. The van der Waals surface area contributed by atoms with Crippen LogP contribution in [-0.2, 0) is 19.9 Å². The molecule has 0 aliphatic rings. The average Bonchev–Trinajstić information content (AvgIpc) is 2.78. The van der Waals surface area contributed by atoms with Crippen molar-refractivity contribution in [1.29, 1.82) is 0 Å². The van der Waals surface area contributed by atoms with Crippen LogP contribution in [0.15, 0.2) is 18.2 Å². The minimum Gasteiger partial charge on any atom is -0.271 e. The molecule has 2 rings (SSSR count). The Balaban J connectivity index is 2.11. The Labute approximate surface area is 120 Å². The molecular weight excluding hydrogens is 287 g/mol. The Morgan fingerprint density at radius 3 is 2.53 bits per heavy atom. The lowest BCUT2D eigenvalue weighted by Crippen LogP contribution is -2.38. The highest BCUT2D eigenvalue weighted by molar-refractivity contribution is 6.35. The lowest BCUT2D eigenvalue weighted by Gasteiger charge is -2.15. The molecule has 1 aromatic carbocycles. The molecule has 0 spiro atoms. The summed E-state index contributed by atoms with van der Waals surface area (Å²) in [5.41, 5.74) is 3.59. The molecule has 8 heteroatoms. The number of aromatic nitrogens is 4. The molecule has 1 aromatic heterocycles. The van der Waals surface area contributed by atoms with Gasteiger partial charge in [0.1, 0.15) is 0 Å². The van der Waals surface area contributed by atoms with Gasteiger partial charge in [0.25, 0.3) is 0 Å². The number of hydrogen-bond donors (Lipinski definition) is 2. The SMILES string of the molecule is Cn1nnc(CC(Cc2c(Cl)cccc2Cl)NN)n1. The van der Waals surface area contributed by atoms with Crippen molar-refractivity contribution in [3.63, 3.8) is 0 Å². The second-order valence-corrected chi connectivity index (χ2v) is 4.98. The molecule has 0 saturated heterocycles. The summed E-state index contributed by atoms with van der Waals surface area (Å²) >= 11 is 12.3. The van der Waals surface area contributed by atoms with E-state index in [1.165, 1.54) is 4.80 Å². The van der Waals surface area contributed by atoms with Crippen molar-refractivity contribution in [3.05, 3.63) is 39.6 Å². The fourth-order valence-electron chi connectivity index (χ4n) is 1.79. The zero-order valence-corrected chi connectivity index (χ0v) is 11.9. The summed E-state index contributed by atoms with van der Waals surface area (Å²) in [5, 5.41) is 13.1. The maximum absolute atomic E-state index is 6.14. The van der Waals surface area contributed by atoms with Crippen LogP contribution in [-0.4, -0.2) is 26.2 Å². The van der Waals surface area contributed by atoms with Crippen molar-refractivity contribution in [1.82, 2.24) is 25.6 Å². The first-order chi connectivity index (χ1) is 9.10. The van der Waals surface area contributed by atoms with Gasteiger partial charge in [0.2, 0.25) is 0 Å². The van der Waals surface area contributed by atoms with Gasteiger partial charge in [-0.15, -0.1) is 10.2 Å². The summed E-state index contributed by atoms with van der Waals surface area (Å²) < 4.78 is 0. The molecule has 19 heavy (non-hydrogen) atoms. The van der Waals surface area contributed by atoms with Crippen molar-refractivity contribution < 1.29 is 0 Å². The van der Waals surface area contributed by atoms with Gasteiger partial charge in [-0.1, -0.05) is 29.3 Å². The van der Waals surface area contributed by atoms with E-state index >= 15 is 0 Å². The monoisotopic (exact) mass is 300 g/mol. The summed E-state index contributed by atoms with van der Waals surface area (Å²) in [6.45, 7) is 0. The number of aryl methyl sites for hydroxylation is 1. The maximum atomic E-state index is 6.14. The van der Waals surface area contributed by atoms with Crippen LogP contribution in [0.3, 0.4) is 0 Å². The summed E-state index contributed by atoms with van der Waals surface area (Å²) in [6, 6.07) is 5.35. The van der Waals surface area contributed by atoms with Crippen LogP contribution in [0.4, 0.5) is 0 Å². The van der Waals surface area contributed by atoms with E-state index in [2.05, 4.69) is 20.8 Å². The van der Waals surface area contributed by atoms with Crippen molar-refractivity contribution in [2.75, 3.05) is 0 Å². The number of hydrazine groups is 1. The Kier molecular flexibility index (Phi) is 4.71. The standard InChI is InChI=1S/C11H14Cl2N6/c1-19-17-11(16-18-19)6-7(15-14)5-8-9(12)3-2-4-10(8)13/h2-4,7,15H,5-6,14H2,1H3. The van der Waals surface area contributed by atoms with E-state index in [4.69, 9.17) is 29.0 Å². The van der Waals surface area contributed by atoms with Crippen LogP contribution in [0.5, 0.6) is 0 Å². The predicted molar refractivity (Wildman–Crippen MR) is 73.8 cm³/mol. The van der Waals surface area contributed by atoms with E-state index in [-0.39, 0.29) is 6.04 Å². The third-order valence-corrected chi connectivity index (χ3v) is 3.43. The lowest BCUT2D eigenvalue weighted by molar-refractivity contribution is 0.510. The summed E-state index contributed by atoms with van der Waals surface area (Å²) in [6.07, 6.45) is 1.14. The van der Waals surface area contributed by atoms with Crippen molar-refractivity contribution in [3.8, 4) is 0 Å². The Morgan fingerprint density at radius 2 is 2.00 bits per heavy atom. The first-order valence-corrected chi connectivity index (χ1v) is 6.47. The van der Waals surface area contributed by atoms with Crippen LogP contribution in [0.1, 0.15) is 11.4 Å². The Hall–Kier alpha value is -1.21. The molecule has 0 aliphatic carbocycles. The van der Waals surface area contributed by atoms with Gasteiger partial charge >= 0.3 is 0 Å². The lowest BCUT2D eigenvalue weighted by atomic mass is 10.0. The van der Waals surface area contributed by atoms with Gasteiger partial charge in [0.15, 0.2) is 5.82 Å². The third-order valence-electron chi connectivity index (χ3n) is 2.73. The molecule has 1 heterocycles. The van der Waals surface area contributed by atoms with E-state index in [1.54, 1.807) is 19.2 Å². The number of rotatable bonds is 5. The number of halogens is 2. The van der Waals surface area contributed by atoms with E-state index in [1.807, 2.05) is 6.07 Å². The number of nitrogens with one attached hydrogen (secondary N) is 1. The fourth-order valence-corrected chi connectivity index (χ4v) is 2.34. The molecule has 0 fully saturated rings. The number of hydrogen-bond acceptors (Lipinski definition) is 5. The highest BCUT2D eigenvalue weighted by Gasteiger charge is 2.15. The topological polar surface area (TPSA) is 81.7 Å². The molecule has 1 unspecified atom stereocenters. The molecule has 2 aromatic rings. The average molecular weight is 301 g/mol. The summed E-state index contributed by atoms with van der Waals surface area (Å²) in [5.74, 6) is 6.18. The molecule has 0 radical (unpaired) electrons. The van der Waals surface area contributed by atoms with E-state index in [0.717, 1.165) is 5.56 Å². The van der Waals surface area contributed by atoms with E-state index in [0.29, 0.717) is 28.7 Å².